The molecule has 0 radical (unpaired) electrons. The van der Waals surface area contributed by atoms with Crippen LogP contribution in [0.1, 0.15) is 43.1 Å². The largest absolute Gasteiger partial charge is 0.342 e. The molecule has 8 heteroatoms. The van der Waals surface area contributed by atoms with Gasteiger partial charge in [0.2, 0.25) is 5.91 Å². The first-order chi connectivity index (χ1) is 13.7. The molecule has 3 aromatic rings. The molecule has 1 unspecified atom stereocenters. The van der Waals surface area contributed by atoms with Crippen LogP contribution >= 0.6 is 11.3 Å². The van der Waals surface area contributed by atoms with Gasteiger partial charge in [0.15, 0.2) is 0 Å². The number of likely N-dealkylation sites (tertiary alicyclic amines) is 1. The third-order valence-corrected chi connectivity index (χ3v) is 5.92. The highest BCUT2D eigenvalue weighted by Gasteiger charge is 2.26. The number of rotatable bonds is 6. The van der Waals surface area contributed by atoms with Gasteiger partial charge in [-0.15, -0.1) is 11.3 Å². The van der Waals surface area contributed by atoms with Gasteiger partial charge in [0, 0.05) is 37.7 Å². The van der Waals surface area contributed by atoms with E-state index in [1.54, 1.807) is 22.3 Å². The van der Waals surface area contributed by atoms with Gasteiger partial charge in [0.05, 0.1) is 10.6 Å². The van der Waals surface area contributed by atoms with Crippen molar-refractivity contribution in [3.05, 3.63) is 47.8 Å². The first-order valence-corrected chi connectivity index (χ1v) is 10.6. The topological polar surface area (TPSA) is 76.8 Å². The van der Waals surface area contributed by atoms with Crippen LogP contribution in [0.15, 0.2) is 36.2 Å². The molecule has 0 bridgehead atoms. The minimum absolute atomic E-state index is 0.201. The van der Waals surface area contributed by atoms with Crippen molar-refractivity contribution in [2.24, 2.45) is 0 Å². The van der Waals surface area contributed by atoms with Crippen molar-refractivity contribution in [3.63, 3.8) is 0 Å². The van der Waals surface area contributed by atoms with Crippen LogP contribution in [0.5, 0.6) is 0 Å². The summed E-state index contributed by atoms with van der Waals surface area (Å²) >= 11 is 1.69. The van der Waals surface area contributed by atoms with Crippen molar-refractivity contribution < 1.29 is 4.79 Å². The lowest BCUT2D eigenvalue weighted by atomic mass is 9.96. The Morgan fingerprint density at radius 3 is 3.07 bits per heavy atom. The van der Waals surface area contributed by atoms with Gasteiger partial charge in [0.1, 0.15) is 18.5 Å². The zero-order valence-electron chi connectivity index (χ0n) is 16.0. The summed E-state index contributed by atoms with van der Waals surface area (Å²) in [5.41, 5.74) is 1.96. The lowest BCUT2D eigenvalue weighted by Crippen LogP contribution is -2.39. The maximum Gasteiger partial charge on any atom is 0.222 e. The quantitative estimate of drug-likeness (QED) is 0.639. The van der Waals surface area contributed by atoms with E-state index < -0.39 is 0 Å². The van der Waals surface area contributed by atoms with Crippen LogP contribution in [0.2, 0.25) is 0 Å². The standard InChI is InChI=1S/C20H24N6OS/c1-15-11-17(18-6-4-10-28-18)24-20(23-15)16-5-2-8-25(12-16)19(27)7-3-9-26-14-21-13-22-26/h4,6,10-11,13-14,16H,2-3,5,7-9,12H2,1H3. The van der Waals surface area contributed by atoms with E-state index in [0.29, 0.717) is 19.5 Å². The molecule has 0 spiro atoms. The molecule has 4 rings (SSSR count). The molecule has 1 saturated heterocycles. The molecular weight excluding hydrogens is 372 g/mol. The van der Waals surface area contributed by atoms with Gasteiger partial charge in [-0.2, -0.15) is 5.10 Å². The summed E-state index contributed by atoms with van der Waals surface area (Å²) in [5, 5.41) is 6.14. The third-order valence-electron chi connectivity index (χ3n) is 5.03. The molecular formula is C20H24N6OS. The van der Waals surface area contributed by atoms with E-state index in [2.05, 4.69) is 21.5 Å². The van der Waals surface area contributed by atoms with Crippen molar-refractivity contribution >= 4 is 17.2 Å². The Labute approximate surface area is 168 Å². The number of carbonyl (C=O) groups excluding carboxylic acids is 1. The predicted octanol–water partition coefficient (Wildman–Crippen LogP) is 3.29. The van der Waals surface area contributed by atoms with Crippen LogP contribution in [-0.4, -0.2) is 48.6 Å². The van der Waals surface area contributed by atoms with E-state index >= 15 is 0 Å². The molecule has 1 aliphatic heterocycles. The first kappa shape index (κ1) is 18.7. The molecule has 146 valence electrons. The van der Waals surface area contributed by atoms with Gasteiger partial charge in [-0.3, -0.25) is 9.48 Å². The van der Waals surface area contributed by atoms with Gasteiger partial charge in [-0.25, -0.2) is 15.0 Å². The second-order valence-electron chi connectivity index (χ2n) is 7.17. The Kier molecular flexibility index (Phi) is 5.76. The Balaban J connectivity index is 1.40. The summed E-state index contributed by atoms with van der Waals surface area (Å²) in [4.78, 5) is 29.3. The number of piperidine rings is 1. The first-order valence-electron chi connectivity index (χ1n) is 9.68. The van der Waals surface area contributed by atoms with E-state index in [4.69, 9.17) is 9.97 Å². The molecule has 1 amide bonds. The fourth-order valence-electron chi connectivity index (χ4n) is 3.64. The number of aromatic nitrogens is 5. The lowest BCUT2D eigenvalue weighted by molar-refractivity contribution is -0.132. The Morgan fingerprint density at radius 2 is 2.29 bits per heavy atom. The maximum atomic E-state index is 12.7. The van der Waals surface area contributed by atoms with E-state index in [1.165, 1.54) is 6.33 Å². The highest BCUT2D eigenvalue weighted by atomic mass is 32.1. The van der Waals surface area contributed by atoms with Gasteiger partial charge in [-0.05, 0) is 43.7 Å². The molecule has 0 aromatic carbocycles. The number of amides is 1. The molecule has 28 heavy (non-hydrogen) atoms. The molecule has 7 nitrogen and oxygen atoms in total. The minimum atomic E-state index is 0.201. The number of hydrogen-bond acceptors (Lipinski definition) is 6. The molecule has 3 aromatic heterocycles. The van der Waals surface area contributed by atoms with E-state index in [-0.39, 0.29) is 11.8 Å². The average Bonchev–Trinajstić information content (AvgIpc) is 3.42. The highest BCUT2D eigenvalue weighted by Crippen LogP contribution is 2.29. The van der Waals surface area contributed by atoms with Gasteiger partial charge < -0.3 is 4.90 Å². The van der Waals surface area contributed by atoms with Crippen molar-refractivity contribution in [1.29, 1.82) is 0 Å². The number of hydrogen-bond donors (Lipinski definition) is 0. The monoisotopic (exact) mass is 396 g/mol. The van der Waals surface area contributed by atoms with Crippen molar-refractivity contribution in [2.75, 3.05) is 13.1 Å². The summed E-state index contributed by atoms with van der Waals surface area (Å²) in [7, 11) is 0. The number of nitrogens with zero attached hydrogens (tertiary/aromatic N) is 6. The van der Waals surface area contributed by atoms with Crippen LogP contribution in [0.3, 0.4) is 0 Å². The second kappa shape index (κ2) is 8.60. The fraction of sp³-hybridized carbons (Fsp3) is 0.450. The summed E-state index contributed by atoms with van der Waals surface area (Å²) in [6.07, 6.45) is 6.51. The summed E-state index contributed by atoms with van der Waals surface area (Å²) in [5.74, 6) is 1.27. The van der Waals surface area contributed by atoms with Crippen molar-refractivity contribution in [2.45, 2.75) is 45.1 Å². The van der Waals surface area contributed by atoms with Gasteiger partial charge >= 0.3 is 0 Å². The van der Waals surface area contributed by atoms with E-state index in [1.807, 2.05) is 24.0 Å². The maximum absolute atomic E-state index is 12.7. The third kappa shape index (κ3) is 4.44. The number of thiophene rings is 1. The van der Waals surface area contributed by atoms with E-state index in [9.17, 15) is 4.79 Å². The number of aryl methyl sites for hydroxylation is 2. The molecule has 0 N–H and O–H groups in total. The minimum Gasteiger partial charge on any atom is -0.342 e. The SMILES string of the molecule is Cc1cc(-c2cccs2)nc(C2CCCN(C(=O)CCCn3cncn3)C2)n1. The Morgan fingerprint density at radius 1 is 1.36 bits per heavy atom. The van der Waals surface area contributed by atoms with Crippen LogP contribution < -0.4 is 0 Å². The normalized spacial score (nSPS) is 17.0. The smallest absolute Gasteiger partial charge is 0.222 e. The van der Waals surface area contributed by atoms with Crippen LogP contribution in [0.25, 0.3) is 10.6 Å². The average molecular weight is 397 g/mol. The Bertz CT molecular complexity index is 909. The van der Waals surface area contributed by atoms with Gasteiger partial charge in [-0.1, -0.05) is 6.07 Å². The molecule has 1 atom stereocenters. The zero-order chi connectivity index (χ0) is 19.3. The molecule has 0 aliphatic carbocycles. The number of carbonyl (C=O) groups is 1. The van der Waals surface area contributed by atoms with Crippen LogP contribution in [0.4, 0.5) is 0 Å². The van der Waals surface area contributed by atoms with Crippen molar-refractivity contribution in [3.8, 4) is 10.6 Å². The van der Waals surface area contributed by atoms with Crippen LogP contribution in [-0.2, 0) is 11.3 Å². The molecule has 1 aliphatic rings. The van der Waals surface area contributed by atoms with Crippen LogP contribution in [0, 0.1) is 6.92 Å². The molecule has 4 heterocycles. The van der Waals surface area contributed by atoms with Crippen molar-refractivity contribution in [1.82, 2.24) is 29.6 Å². The molecule has 0 saturated carbocycles. The summed E-state index contributed by atoms with van der Waals surface area (Å²) < 4.78 is 1.76. The molecule has 1 fully saturated rings. The van der Waals surface area contributed by atoms with Gasteiger partial charge in [0.25, 0.3) is 0 Å². The summed E-state index contributed by atoms with van der Waals surface area (Å²) in [6, 6.07) is 6.16. The second-order valence-corrected chi connectivity index (χ2v) is 8.12. The Hall–Kier alpha value is -2.61. The zero-order valence-corrected chi connectivity index (χ0v) is 16.8. The fourth-order valence-corrected chi connectivity index (χ4v) is 4.32. The van der Waals surface area contributed by atoms with E-state index in [0.717, 1.165) is 47.9 Å². The predicted molar refractivity (Wildman–Crippen MR) is 108 cm³/mol. The lowest BCUT2D eigenvalue weighted by Gasteiger charge is -2.32. The summed E-state index contributed by atoms with van der Waals surface area (Å²) in [6.45, 7) is 4.25. The highest BCUT2D eigenvalue weighted by molar-refractivity contribution is 7.13.